The maximum absolute atomic E-state index is 12.8. The van der Waals surface area contributed by atoms with Gasteiger partial charge in [0.05, 0.1) is 4.90 Å². The minimum absolute atomic E-state index is 0.0970. The van der Waals surface area contributed by atoms with Gasteiger partial charge < -0.3 is 5.32 Å². The first-order valence-electron chi connectivity index (χ1n) is 9.30. The average Bonchev–Trinajstić information content (AvgIpc) is 2.74. The number of nitrogens with zero attached hydrogens (tertiary/aromatic N) is 1. The summed E-state index contributed by atoms with van der Waals surface area (Å²) in [6.07, 6.45) is 0. The standard InChI is InChI=1S/C23H22N2O4S/c1-17(26)20-9-6-10-21(15-20)24-23(27)19-11-13-22(14-12-19)30(28,29)25(2)16-18-7-4-3-5-8-18/h3-15H,16H2,1-2H3,(H,24,27). The van der Waals surface area contributed by atoms with Gasteiger partial charge in [0.1, 0.15) is 0 Å². The van der Waals surface area contributed by atoms with Gasteiger partial charge in [-0.3, -0.25) is 9.59 Å². The zero-order valence-electron chi connectivity index (χ0n) is 16.7. The molecule has 7 heteroatoms. The molecule has 0 saturated carbocycles. The van der Waals surface area contributed by atoms with Crippen LogP contribution in [0.2, 0.25) is 0 Å². The van der Waals surface area contributed by atoms with Crippen LogP contribution < -0.4 is 5.32 Å². The highest BCUT2D eigenvalue weighted by atomic mass is 32.2. The Morgan fingerprint density at radius 1 is 0.867 bits per heavy atom. The minimum atomic E-state index is -3.69. The molecule has 3 rings (SSSR count). The molecule has 30 heavy (non-hydrogen) atoms. The fourth-order valence-corrected chi connectivity index (χ4v) is 4.06. The summed E-state index contributed by atoms with van der Waals surface area (Å²) in [5.41, 5.74) is 2.18. The van der Waals surface area contributed by atoms with E-state index in [0.717, 1.165) is 5.56 Å². The van der Waals surface area contributed by atoms with Crippen molar-refractivity contribution in [2.24, 2.45) is 0 Å². The van der Waals surface area contributed by atoms with E-state index in [1.54, 1.807) is 24.3 Å². The lowest BCUT2D eigenvalue weighted by atomic mass is 10.1. The molecule has 0 fully saturated rings. The number of Topliss-reactive ketones (excluding diaryl/α,β-unsaturated/α-hetero) is 1. The first-order chi connectivity index (χ1) is 14.3. The number of amides is 1. The Bertz CT molecular complexity index is 1160. The first-order valence-corrected chi connectivity index (χ1v) is 10.7. The third-order valence-electron chi connectivity index (χ3n) is 4.60. The van der Waals surface area contributed by atoms with Gasteiger partial charge in [0.15, 0.2) is 5.78 Å². The van der Waals surface area contributed by atoms with E-state index in [0.29, 0.717) is 16.8 Å². The predicted molar refractivity (Wildman–Crippen MR) is 116 cm³/mol. The molecule has 1 N–H and O–H groups in total. The van der Waals surface area contributed by atoms with Gasteiger partial charge in [-0.25, -0.2) is 8.42 Å². The Morgan fingerprint density at radius 2 is 1.53 bits per heavy atom. The fourth-order valence-electron chi connectivity index (χ4n) is 2.90. The summed E-state index contributed by atoms with van der Waals surface area (Å²) in [5, 5.41) is 2.72. The van der Waals surface area contributed by atoms with Gasteiger partial charge in [0, 0.05) is 30.4 Å². The third kappa shape index (κ3) is 5.00. The second kappa shape index (κ2) is 9.02. The second-order valence-electron chi connectivity index (χ2n) is 6.86. The molecule has 0 unspecified atom stereocenters. The predicted octanol–water partition coefficient (Wildman–Crippen LogP) is 3.96. The van der Waals surface area contributed by atoms with Crippen LogP contribution in [0.4, 0.5) is 5.69 Å². The molecule has 0 radical (unpaired) electrons. The van der Waals surface area contributed by atoms with Crippen molar-refractivity contribution < 1.29 is 18.0 Å². The Labute approximate surface area is 176 Å². The lowest BCUT2D eigenvalue weighted by molar-refractivity contribution is 0.101. The minimum Gasteiger partial charge on any atom is -0.322 e. The van der Waals surface area contributed by atoms with E-state index < -0.39 is 15.9 Å². The van der Waals surface area contributed by atoms with Gasteiger partial charge in [-0.2, -0.15) is 4.31 Å². The van der Waals surface area contributed by atoms with Gasteiger partial charge in [-0.05, 0) is 48.9 Å². The molecule has 0 aliphatic carbocycles. The molecule has 3 aromatic rings. The molecule has 0 bridgehead atoms. The normalized spacial score (nSPS) is 11.3. The topological polar surface area (TPSA) is 83.5 Å². The fraction of sp³-hybridized carbons (Fsp3) is 0.130. The SMILES string of the molecule is CC(=O)c1cccc(NC(=O)c2ccc(S(=O)(=O)N(C)Cc3ccccc3)cc2)c1. The van der Waals surface area contributed by atoms with Crippen LogP contribution in [0.5, 0.6) is 0 Å². The third-order valence-corrected chi connectivity index (χ3v) is 6.42. The van der Waals surface area contributed by atoms with E-state index in [1.807, 2.05) is 30.3 Å². The van der Waals surface area contributed by atoms with E-state index in [2.05, 4.69) is 5.32 Å². The molecule has 0 aromatic heterocycles. The van der Waals surface area contributed by atoms with Crippen LogP contribution in [0.15, 0.2) is 83.8 Å². The number of sulfonamides is 1. The van der Waals surface area contributed by atoms with E-state index in [9.17, 15) is 18.0 Å². The molecule has 1 amide bonds. The summed E-state index contributed by atoms with van der Waals surface area (Å²) in [6, 6.07) is 21.7. The second-order valence-corrected chi connectivity index (χ2v) is 8.91. The van der Waals surface area contributed by atoms with Crippen LogP contribution in [-0.4, -0.2) is 31.5 Å². The molecule has 0 aliphatic rings. The maximum atomic E-state index is 12.8. The van der Waals surface area contributed by atoms with Gasteiger partial charge in [-0.1, -0.05) is 42.5 Å². The van der Waals surface area contributed by atoms with Crippen LogP contribution in [0.1, 0.15) is 33.2 Å². The first kappa shape index (κ1) is 21.4. The molecule has 0 heterocycles. The highest BCUT2D eigenvalue weighted by Crippen LogP contribution is 2.19. The molecule has 6 nitrogen and oxygen atoms in total. The quantitative estimate of drug-likeness (QED) is 0.584. The molecular formula is C23H22N2O4S. The van der Waals surface area contributed by atoms with Crippen molar-refractivity contribution in [3.05, 3.63) is 95.6 Å². The number of hydrogen-bond donors (Lipinski definition) is 1. The van der Waals surface area contributed by atoms with Gasteiger partial charge in [0.25, 0.3) is 5.91 Å². The van der Waals surface area contributed by atoms with Gasteiger partial charge >= 0.3 is 0 Å². The molecular weight excluding hydrogens is 400 g/mol. The number of hydrogen-bond acceptors (Lipinski definition) is 4. The lowest BCUT2D eigenvalue weighted by Crippen LogP contribution is -2.26. The van der Waals surface area contributed by atoms with Crippen LogP contribution >= 0.6 is 0 Å². The van der Waals surface area contributed by atoms with Crippen LogP contribution in [0.3, 0.4) is 0 Å². The summed E-state index contributed by atoms with van der Waals surface area (Å²) >= 11 is 0. The Morgan fingerprint density at radius 3 is 2.17 bits per heavy atom. The number of ketones is 1. The molecule has 0 spiro atoms. The number of anilines is 1. The lowest BCUT2D eigenvalue weighted by Gasteiger charge is -2.17. The van der Waals surface area contributed by atoms with Crippen molar-refractivity contribution in [2.45, 2.75) is 18.4 Å². The molecule has 154 valence electrons. The van der Waals surface area contributed by atoms with Crippen molar-refractivity contribution in [3.63, 3.8) is 0 Å². The Kier molecular flexibility index (Phi) is 6.44. The van der Waals surface area contributed by atoms with E-state index >= 15 is 0 Å². The highest BCUT2D eigenvalue weighted by molar-refractivity contribution is 7.89. The average molecular weight is 423 g/mol. The van der Waals surface area contributed by atoms with E-state index in [1.165, 1.54) is 42.5 Å². The largest absolute Gasteiger partial charge is 0.322 e. The van der Waals surface area contributed by atoms with Crippen molar-refractivity contribution in [3.8, 4) is 0 Å². The molecule has 0 aliphatic heterocycles. The van der Waals surface area contributed by atoms with Crippen LogP contribution in [-0.2, 0) is 16.6 Å². The molecule has 0 atom stereocenters. The van der Waals surface area contributed by atoms with E-state index in [4.69, 9.17) is 0 Å². The Balaban J connectivity index is 1.72. The number of benzene rings is 3. The Hall–Kier alpha value is -3.29. The zero-order valence-corrected chi connectivity index (χ0v) is 17.5. The van der Waals surface area contributed by atoms with Crippen molar-refractivity contribution in [1.29, 1.82) is 0 Å². The summed E-state index contributed by atoms with van der Waals surface area (Å²) in [4.78, 5) is 24.1. The monoisotopic (exact) mass is 422 g/mol. The number of nitrogens with one attached hydrogen (secondary N) is 1. The number of carbonyl (C=O) groups is 2. The summed E-state index contributed by atoms with van der Waals surface area (Å²) in [6.45, 7) is 1.70. The summed E-state index contributed by atoms with van der Waals surface area (Å²) in [5.74, 6) is -0.488. The summed E-state index contributed by atoms with van der Waals surface area (Å²) in [7, 11) is -2.17. The van der Waals surface area contributed by atoms with Crippen molar-refractivity contribution >= 4 is 27.4 Å². The van der Waals surface area contributed by atoms with Gasteiger partial charge in [0.2, 0.25) is 10.0 Å². The maximum Gasteiger partial charge on any atom is 0.255 e. The smallest absolute Gasteiger partial charge is 0.255 e. The number of rotatable bonds is 7. The zero-order chi connectivity index (χ0) is 21.7. The number of carbonyl (C=O) groups excluding carboxylic acids is 2. The van der Waals surface area contributed by atoms with Crippen LogP contribution in [0, 0.1) is 0 Å². The summed E-state index contributed by atoms with van der Waals surface area (Å²) < 4.78 is 26.9. The van der Waals surface area contributed by atoms with E-state index in [-0.39, 0.29) is 17.2 Å². The van der Waals surface area contributed by atoms with Gasteiger partial charge in [-0.15, -0.1) is 0 Å². The molecule has 3 aromatic carbocycles. The van der Waals surface area contributed by atoms with Crippen LogP contribution in [0.25, 0.3) is 0 Å². The van der Waals surface area contributed by atoms with Crippen molar-refractivity contribution in [2.75, 3.05) is 12.4 Å². The molecule has 0 saturated heterocycles. The highest BCUT2D eigenvalue weighted by Gasteiger charge is 2.21. The van der Waals surface area contributed by atoms with Crippen molar-refractivity contribution in [1.82, 2.24) is 4.31 Å².